The van der Waals surface area contributed by atoms with E-state index >= 15 is 0 Å². The van der Waals surface area contributed by atoms with Crippen molar-refractivity contribution in [1.29, 1.82) is 0 Å². The molecule has 2 aromatic rings. The van der Waals surface area contributed by atoms with E-state index in [9.17, 15) is 4.79 Å². The summed E-state index contributed by atoms with van der Waals surface area (Å²) in [5, 5.41) is 5.05. The SMILES string of the molecule is CNCCCc1nc2c(s1)CCN(C(=O)OC(C)(C)C)C2Cc1ccc(Cl)cc1. The normalized spacial score (nSPS) is 16.6. The van der Waals surface area contributed by atoms with Gasteiger partial charge in [0.2, 0.25) is 0 Å². The van der Waals surface area contributed by atoms with E-state index in [1.54, 1.807) is 11.3 Å². The number of thiazole rings is 1. The first-order valence-electron chi connectivity index (χ1n) is 10.1. The van der Waals surface area contributed by atoms with Crippen LogP contribution in [0.1, 0.15) is 54.4 Å². The summed E-state index contributed by atoms with van der Waals surface area (Å²) in [6.45, 7) is 7.33. The molecule has 1 aromatic heterocycles. The van der Waals surface area contributed by atoms with Crippen molar-refractivity contribution in [2.75, 3.05) is 20.1 Å². The highest BCUT2D eigenvalue weighted by molar-refractivity contribution is 7.11. The molecule has 158 valence electrons. The van der Waals surface area contributed by atoms with E-state index in [2.05, 4.69) is 5.32 Å². The van der Waals surface area contributed by atoms with Crippen LogP contribution in [-0.2, 0) is 24.0 Å². The van der Waals surface area contributed by atoms with Crippen molar-refractivity contribution in [3.63, 3.8) is 0 Å². The molecule has 1 amide bonds. The molecule has 7 heteroatoms. The van der Waals surface area contributed by atoms with Crippen molar-refractivity contribution < 1.29 is 9.53 Å². The number of nitrogens with one attached hydrogen (secondary N) is 1. The number of hydrogen-bond donors (Lipinski definition) is 1. The minimum Gasteiger partial charge on any atom is -0.444 e. The number of rotatable bonds is 6. The van der Waals surface area contributed by atoms with E-state index in [1.807, 2.05) is 57.0 Å². The molecule has 1 aliphatic heterocycles. The van der Waals surface area contributed by atoms with Crippen molar-refractivity contribution in [2.45, 2.75) is 58.1 Å². The Morgan fingerprint density at radius 2 is 2.07 bits per heavy atom. The lowest BCUT2D eigenvalue weighted by Crippen LogP contribution is -2.43. The Hall–Kier alpha value is -1.63. The zero-order chi connectivity index (χ0) is 21.0. The number of fused-ring (bicyclic) bond motifs is 1. The smallest absolute Gasteiger partial charge is 0.410 e. The van der Waals surface area contributed by atoms with Gasteiger partial charge in [0, 0.05) is 29.3 Å². The molecule has 3 rings (SSSR count). The first kappa shape index (κ1) is 22.1. The first-order chi connectivity index (χ1) is 13.8. The van der Waals surface area contributed by atoms with Crippen LogP contribution in [0.5, 0.6) is 0 Å². The Balaban J connectivity index is 1.87. The van der Waals surface area contributed by atoms with Gasteiger partial charge >= 0.3 is 6.09 Å². The third kappa shape index (κ3) is 5.93. The second-order valence-electron chi connectivity index (χ2n) is 8.39. The van der Waals surface area contributed by atoms with Crippen LogP contribution in [0.4, 0.5) is 4.79 Å². The van der Waals surface area contributed by atoms with Gasteiger partial charge in [0.05, 0.1) is 16.7 Å². The molecule has 0 saturated carbocycles. The number of carbonyl (C=O) groups is 1. The highest BCUT2D eigenvalue weighted by Gasteiger charge is 2.36. The highest BCUT2D eigenvalue weighted by Crippen LogP contribution is 2.36. The fourth-order valence-electron chi connectivity index (χ4n) is 3.49. The van der Waals surface area contributed by atoms with E-state index in [0.29, 0.717) is 18.0 Å². The molecule has 0 bridgehead atoms. The van der Waals surface area contributed by atoms with Crippen molar-refractivity contribution in [2.24, 2.45) is 0 Å². The number of amides is 1. The maximum atomic E-state index is 12.9. The Kier molecular flexibility index (Phi) is 7.19. The van der Waals surface area contributed by atoms with Crippen molar-refractivity contribution >= 4 is 29.0 Å². The molecule has 5 nitrogen and oxygen atoms in total. The fraction of sp³-hybridized carbons (Fsp3) is 0.545. The molecule has 1 unspecified atom stereocenters. The van der Waals surface area contributed by atoms with Gasteiger partial charge in [-0.1, -0.05) is 23.7 Å². The van der Waals surface area contributed by atoms with Gasteiger partial charge in [0.1, 0.15) is 5.60 Å². The Bertz CT molecular complexity index is 830. The van der Waals surface area contributed by atoms with Crippen LogP contribution < -0.4 is 5.32 Å². The molecule has 0 fully saturated rings. The van der Waals surface area contributed by atoms with Crippen molar-refractivity contribution in [3.8, 4) is 0 Å². The zero-order valence-electron chi connectivity index (χ0n) is 17.6. The summed E-state index contributed by atoms with van der Waals surface area (Å²) in [5.41, 5.74) is 1.63. The van der Waals surface area contributed by atoms with E-state index < -0.39 is 5.60 Å². The molecule has 29 heavy (non-hydrogen) atoms. The van der Waals surface area contributed by atoms with Crippen LogP contribution in [0, 0.1) is 0 Å². The average Bonchev–Trinajstić information content (AvgIpc) is 3.06. The average molecular weight is 436 g/mol. The lowest BCUT2D eigenvalue weighted by atomic mass is 9.97. The monoisotopic (exact) mass is 435 g/mol. The number of aromatic nitrogens is 1. The van der Waals surface area contributed by atoms with Crippen LogP contribution in [0.2, 0.25) is 5.02 Å². The number of halogens is 1. The third-order valence-corrected chi connectivity index (χ3v) is 6.27. The molecule has 1 N–H and O–H groups in total. The summed E-state index contributed by atoms with van der Waals surface area (Å²) in [7, 11) is 1.97. The fourth-order valence-corrected chi connectivity index (χ4v) is 4.77. The van der Waals surface area contributed by atoms with Crippen molar-refractivity contribution in [1.82, 2.24) is 15.2 Å². The molecular formula is C22H30ClN3O2S. The Morgan fingerprint density at radius 1 is 1.34 bits per heavy atom. The van der Waals surface area contributed by atoms with Gasteiger partial charge in [0.15, 0.2) is 0 Å². The highest BCUT2D eigenvalue weighted by atomic mass is 35.5. The standard InChI is InChI=1S/C22H30ClN3O2S/c1-22(2,3)28-21(27)26-13-11-18-20(25-19(29-18)6-5-12-24-4)17(26)14-15-7-9-16(23)10-8-15/h7-10,17,24H,5-6,11-14H2,1-4H3. The molecule has 0 spiro atoms. The quantitative estimate of drug-likeness (QED) is 0.647. The zero-order valence-corrected chi connectivity index (χ0v) is 19.2. The van der Waals surface area contributed by atoms with Gasteiger partial charge in [-0.3, -0.25) is 4.90 Å². The second-order valence-corrected chi connectivity index (χ2v) is 10.00. The minimum atomic E-state index is -0.525. The predicted octanol–water partition coefficient (Wildman–Crippen LogP) is 5.03. The van der Waals surface area contributed by atoms with Crippen LogP contribution in [-0.4, -0.2) is 41.7 Å². The number of benzene rings is 1. The molecule has 0 saturated heterocycles. The maximum absolute atomic E-state index is 12.9. The van der Waals surface area contributed by atoms with Crippen LogP contribution in [0.15, 0.2) is 24.3 Å². The molecule has 1 aromatic carbocycles. The minimum absolute atomic E-state index is 0.121. The number of aryl methyl sites for hydroxylation is 1. The van der Waals surface area contributed by atoms with Gasteiger partial charge in [-0.25, -0.2) is 9.78 Å². The van der Waals surface area contributed by atoms with Crippen molar-refractivity contribution in [3.05, 3.63) is 50.4 Å². The van der Waals surface area contributed by atoms with Gasteiger partial charge in [-0.15, -0.1) is 11.3 Å². The van der Waals surface area contributed by atoms with E-state index in [-0.39, 0.29) is 12.1 Å². The van der Waals surface area contributed by atoms with Gasteiger partial charge in [-0.2, -0.15) is 0 Å². The Morgan fingerprint density at radius 3 is 2.72 bits per heavy atom. The molecule has 0 radical (unpaired) electrons. The van der Waals surface area contributed by atoms with E-state index in [0.717, 1.165) is 42.1 Å². The number of nitrogens with zero attached hydrogens (tertiary/aromatic N) is 2. The number of ether oxygens (including phenoxy) is 1. The Labute approximate surface area is 182 Å². The summed E-state index contributed by atoms with van der Waals surface area (Å²) >= 11 is 7.84. The molecule has 0 aliphatic carbocycles. The first-order valence-corrected chi connectivity index (χ1v) is 11.3. The second kappa shape index (κ2) is 9.45. The molecule has 1 atom stereocenters. The van der Waals surface area contributed by atoms with Crippen LogP contribution in [0.25, 0.3) is 0 Å². The van der Waals surface area contributed by atoms with Gasteiger partial charge < -0.3 is 10.1 Å². The topological polar surface area (TPSA) is 54.5 Å². The van der Waals surface area contributed by atoms with Crippen LogP contribution in [0.3, 0.4) is 0 Å². The number of hydrogen-bond acceptors (Lipinski definition) is 5. The maximum Gasteiger partial charge on any atom is 0.410 e. The summed E-state index contributed by atoms with van der Waals surface area (Å²) in [5.74, 6) is 0. The molecule has 2 heterocycles. The van der Waals surface area contributed by atoms with E-state index in [4.69, 9.17) is 21.3 Å². The van der Waals surface area contributed by atoms with Gasteiger partial charge in [-0.05, 0) is 64.9 Å². The molecular weight excluding hydrogens is 406 g/mol. The largest absolute Gasteiger partial charge is 0.444 e. The summed E-state index contributed by atoms with van der Waals surface area (Å²) < 4.78 is 5.70. The van der Waals surface area contributed by atoms with E-state index in [1.165, 1.54) is 4.88 Å². The summed E-state index contributed by atoms with van der Waals surface area (Å²) in [4.78, 5) is 21.0. The number of carbonyl (C=O) groups excluding carboxylic acids is 1. The third-order valence-electron chi connectivity index (χ3n) is 4.83. The van der Waals surface area contributed by atoms with Gasteiger partial charge in [0.25, 0.3) is 0 Å². The predicted molar refractivity (Wildman–Crippen MR) is 119 cm³/mol. The van der Waals surface area contributed by atoms with Crippen LogP contribution >= 0.6 is 22.9 Å². The summed E-state index contributed by atoms with van der Waals surface area (Å²) in [6, 6.07) is 7.70. The molecule has 1 aliphatic rings. The lowest BCUT2D eigenvalue weighted by molar-refractivity contribution is 0.0138. The summed E-state index contributed by atoms with van der Waals surface area (Å²) in [6.07, 6.45) is 3.27. The lowest BCUT2D eigenvalue weighted by Gasteiger charge is -2.36.